The Morgan fingerprint density at radius 3 is 2.62 bits per heavy atom. The molecule has 0 saturated heterocycles. The van der Waals surface area contributed by atoms with E-state index >= 15 is 0 Å². The molecule has 2 aromatic rings. The van der Waals surface area contributed by atoms with Gasteiger partial charge in [-0.1, -0.05) is 0 Å². The highest BCUT2D eigenvalue weighted by Crippen LogP contribution is 2.44. The summed E-state index contributed by atoms with van der Waals surface area (Å²) in [6, 6.07) is 9.05. The molecule has 3 rings (SSSR count). The van der Waals surface area contributed by atoms with Crippen molar-refractivity contribution in [1.29, 1.82) is 5.26 Å². The Balaban J connectivity index is 2.33. The van der Waals surface area contributed by atoms with Crippen molar-refractivity contribution in [3.63, 3.8) is 0 Å². The Labute approximate surface area is 168 Å². The molecular weight excluding hydrogens is 374 g/mol. The number of ether oxygens (including phenoxy) is 4. The average molecular weight is 397 g/mol. The van der Waals surface area contributed by atoms with Gasteiger partial charge in [-0.05, 0) is 25.1 Å². The van der Waals surface area contributed by atoms with Gasteiger partial charge < -0.3 is 29.2 Å². The standard InChI is InChI=1S/C21H23N3O5/c1-12-9-17-19(21(25)24(12)7-8-26-2)18(15(11-22)20(23)29-17)14-10-13(27-3)5-6-16(14)28-4/h5-6,9-10,18H,7-8,23H2,1-4H3/t18-/m1/s1. The molecule has 0 unspecified atom stereocenters. The van der Waals surface area contributed by atoms with E-state index in [1.807, 2.05) is 6.92 Å². The molecule has 0 amide bonds. The van der Waals surface area contributed by atoms with Crippen molar-refractivity contribution in [1.82, 2.24) is 4.57 Å². The van der Waals surface area contributed by atoms with Crippen LogP contribution in [0, 0.1) is 18.3 Å². The number of nitriles is 1. The minimum absolute atomic E-state index is 0.0386. The van der Waals surface area contributed by atoms with E-state index in [0.717, 1.165) is 0 Å². The van der Waals surface area contributed by atoms with E-state index in [1.54, 1.807) is 43.1 Å². The van der Waals surface area contributed by atoms with Crippen LogP contribution in [0.5, 0.6) is 17.2 Å². The smallest absolute Gasteiger partial charge is 0.258 e. The van der Waals surface area contributed by atoms with Crippen LogP contribution in [0.1, 0.15) is 22.7 Å². The van der Waals surface area contributed by atoms with Gasteiger partial charge in [0.15, 0.2) is 0 Å². The predicted molar refractivity (Wildman–Crippen MR) is 106 cm³/mol. The number of fused-ring (bicyclic) bond motifs is 1. The largest absolute Gasteiger partial charge is 0.497 e. The fourth-order valence-corrected chi connectivity index (χ4v) is 3.52. The zero-order valence-corrected chi connectivity index (χ0v) is 16.8. The van der Waals surface area contributed by atoms with Crippen LogP contribution in [0.4, 0.5) is 0 Å². The molecule has 0 bridgehead atoms. The maximum atomic E-state index is 13.4. The van der Waals surface area contributed by atoms with E-state index in [-0.39, 0.29) is 17.0 Å². The molecule has 8 nitrogen and oxygen atoms in total. The number of rotatable bonds is 6. The van der Waals surface area contributed by atoms with E-state index in [4.69, 9.17) is 24.7 Å². The first-order valence-corrected chi connectivity index (χ1v) is 8.99. The number of hydrogen-bond acceptors (Lipinski definition) is 7. The lowest BCUT2D eigenvalue weighted by Crippen LogP contribution is -2.33. The molecule has 2 N–H and O–H groups in total. The van der Waals surface area contributed by atoms with Crippen molar-refractivity contribution in [3.05, 3.63) is 62.9 Å². The first kappa shape index (κ1) is 20.3. The van der Waals surface area contributed by atoms with E-state index in [9.17, 15) is 10.1 Å². The highest BCUT2D eigenvalue weighted by molar-refractivity contribution is 5.59. The molecule has 0 spiro atoms. The number of nitrogens with zero attached hydrogens (tertiary/aromatic N) is 2. The van der Waals surface area contributed by atoms with Gasteiger partial charge in [-0.3, -0.25) is 4.79 Å². The molecule has 2 heterocycles. The first-order valence-electron chi connectivity index (χ1n) is 8.99. The molecule has 0 fully saturated rings. The Kier molecular flexibility index (Phi) is 5.80. The van der Waals surface area contributed by atoms with Crippen molar-refractivity contribution < 1.29 is 18.9 Å². The van der Waals surface area contributed by atoms with Crippen LogP contribution in [0.2, 0.25) is 0 Å². The highest BCUT2D eigenvalue weighted by atomic mass is 16.5. The molecular formula is C21H23N3O5. The van der Waals surface area contributed by atoms with E-state index in [0.29, 0.717) is 47.2 Å². The number of methoxy groups -OCH3 is 3. The van der Waals surface area contributed by atoms with Gasteiger partial charge in [0.1, 0.15) is 28.9 Å². The Bertz CT molecular complexity index is 1070. The van der Waals surface area contributed by atoms with Crippen LogP contribution < -0.4 is 25.5 Å². The van der Waals surface area contributed by atoms with Crippen LogP contribution in [0.15, 0.2) is 40.5 Å². The lowest BCUT2D eigenvalue weighted by atomic mass is 9.83. The molecule has 1 aliphatic rings. The van der Waals surface area contributed by atoms with Crippen molar-refractivity contribution >= 4 is 0 Å². The number of allylic oxidation sites excluding steroid dienone is 1. The molecule has 152 valence electrons. The van der Waals surface area contributed by atoms with E-state index in [2.05, 4.69) is 6.07 Å². The summed E-state index contributed by atoms with van der Waals surface area (Å²) in [7, 11) is 4.64. The summed E-state index contributed by atoms with van der Waals surface area (Å²) >= 11 is 0. The monoisotopic (exact) mass is 397 g/mol. The topological polar surface area (TPSA) is 109 Å². The van der Waals surface area contributed by atoms with Gasteiger partial charge in [0, 0.05) is 31.0 Å². The summed E-state index contributed by atoms with van der Waals surface area (Å²) in [4.78, 5) is 13.4. The second kappa shape index (κ2) is 8.29. The summed E-state index contributed by atoms with van der Waals surface area (Å²) in [6.07, 6.45) is 0. The number of nitrogens with two attached hydrogens (primary N) is 1. The van der Waals surface area contributed by atoms with Crippen molar-refractivity contribution in [2.75, 3.05) is 27.9 Å². The molecule has 0 saturated carbocycles. The highest BCUT2D eigenvalue weighted by Gasteiger charge is 2.36. The van der Waals surface area contributed by atoms with Crippen LogP contribution >= 0.6 is 0 Å². The number of aryl methyl sites for hydroxylation is 1. The normalized spacial score (nSPS) is 15.3. The van der Waals surface area contributed by atoms with Gasteiger partial charge in [0.05, 0.1) is 32.3 Å². The molecule has 1 aromatic heterocycles. The van der Waals surface area contributed by atoms with Crippen molar-refractivity contribution in [3.8, 4) is 23.3 Å². The summed E-state index contributed by atoms with van der Waals surface area (Å²) in [5.74, 6) is 0.607. The zero-order valence-electron chi connectivity index (χ0n) is 16.8. The van der Waals surface area contributed by atoms with Crippen LogP contribution in [0.3, 0.4) is 0 Å². The van der Waals surface area contributed by atoms with Crippen molar-refractivity contribution in [2.24, 2.45) is 5.73 Å². The predicted octanol–water partition coefficient (Wildman–Crippen LogP) is 2.04. The number of benzene rings is 1. The quantitative estimate of drug-likeness (QED) is 0.794. The second-order valence-electron chi connectivity index (χ2n) is 6.55. The first-order chi connectivity index (χ1) is 14.0. The SMILES string of the molecule is COCCn1c(C)cc2c(c1=O)[C@H](c1cc(OC)ccc1OC)C(C#N)=C(N)O2. The minimum atomic E-state index is -0.754. The molecule has 0 aliphatic carbocycles. The fourth-order valence-electron chi connectivity index (χ4n) is 3.52. The van der Waals surface area contributed by atoms with Crippen LogP contribution in [-0.2, 0) is 11.3 Å². The third-order valence-corrected chi connectivity index (χ3v) is 4.96. The Morgan fingerprint density at radius 2 is 2.00 bits per heavy atom. The lowest BCUT2D eigenvalue weighted by Gasteiger charge is -2.28. The second-order valence-corrected chi connectivity index (χ2v) is 6.55. The van der Waals surface area contributed by atoms with Gasteiger partial charge in [-0.25, -0.2) is 0 Å². The van der Waals surface area contributed by atoms with Gasteiger partial charge in [0.2, 0.25) is 5.88 Å². The van der Waals surface area contributed by atoms with Crippen molar-refractivity contribution in [2.45, 2.75) is 19.4 Å². The number of hydrogen-bond donors (Lipinski definition) is 1. The maximum absolute atomic E-state index is 13.4. The average Bonchev–Trinajstić information content (AvgIpc) is 2.72. The fraction of sp³-hybridized carbons (Fsp3) is 0.333. The lowest BCUT2D eigenvalue weighted by molar-refractivity contribution is 0.185. The molecule has 8 heteroatoms. The molecule has 1 aliphatic heterocycles. The third-order valence-electron chi connectivity index (χ3n) is 4.96. The van der Waals surface area contributed by atoms with Crippen LogP contribution in [0.25, 0.3) is 0 Å². The maximum Gasteiger partial charge on any atom is 0.258 e. The summed E-state index contributed by atoms with van der Waals surface area (Å²) in [5.41, 5.74) is 7.54. The summed E-state index contributed by atoms with van der Waals surface area (Å²) in [6.45, 7) is 2.55. The molecule has 1 atom stereocenters. The van der Waals surface area contributed by atoms with Gasteiger partial charge in [0.25, 0.3) is 5.56 Å². The van der Waals surface area contributed by atoms with E-state index < -0.39 is 5.92 Å². The zero-order chi connectivity index (χ0) is 21.1. The third kappa shape index (κ3) is 3.52. The van der Waals surface area contributed by atoms with Gasteiger partial charge in [-0.2, -0.15) is 5.26 Å². The molecule has 29 heavy (non-hydrogen) atoms. The Hall–Kier alpha value is -3.44. The van der Waals surface area contributed by atoms with Crippen LogP contribution in [-0.4, -0.2) is 32.5 Å². The number of pyridine rings is 1. The summed E-state index contributed by atoms with van der Waals surface area (Å²) in [5, 5.41) is 9.80. The Morgan fingerprint density at radius 1 is 1.24 bits per heavy atom. The summed E-state index contributed by atoms with van der Waals surface area (Å²) < 4.78 is 23.2. The molecule has 1 aromatic carbocycles. The van der Waals surface area contributed by atoms with Gasteiger partial charge >= 0.3 is 0 Å². The number of aromatic nitrogens is 1. The van der Waals surface area contributed by atoms with Gasteiger partial charge in [-0.15, -0.1) is 0 Å². The van der Waals surface area contributed by atoms with E-state index in [1.165, 1.54) is 7.11 Å². The molecule has 0 radical (unpaired) electrons. The minimum Gasteiger partial charge on any atom is -0.497 e.